The molecule has 1 aliphatic heterocycles. The second-order valence-electron chi connectivity index (χ2n) is 16.0. The van der Waals surface area contributed by atoms with Gasteiger partial charge in [0.15, 0.2) is 11.7 Å². The minimum absolute atomic E-state index is 0.0827. The maximum absolute atomic E-state index is 14.3. The summed E-state index contributed by atoms with van der Waals surface area (Å²) in [5, 5.41) is 53.0. The smallest absolute Gasteiger partial charge is 0.317 e. The lowest BCUT2D eigenvalue weighted by molar-refractivity contribution is -0.446. The molecule has 270 valence electrons. The van der Waals surface area contributed by atoms with Crippen LogP contribution in [0.25, 0.3) is 0 Å². The number of hydrogen-bond acceptors (Lipinski definition) is 14. The highest BCUT2D eigenvalue weighted by Crippen LogP contribution is 2.84. The Labute approximate surface area is 283 Å². The van der Waals surface area contributed by atoms with E-state index in [0.29, 0.717) is 5.56 Å². The number of esters is 4. The van der Waals surface area contributed by atoms with Crippen LogP contribution < -0.4 is 0 Å². The maximum Gasteiger partial charge on any atom is 0.317 e. The van der Waals surface area contributed by atoms with Crippen LogP contribution >= 0.6 is 0 Å². The first-order valence-corrected chi connectivity index (χ1v) is 16.6. The SMILES string of the molecule is COC(=O)CC1C2(C)CC3(O)C(O)(C2OC(C)=O)C2OC(=O)C(C(=O)C(C)C)C4C(C)(C(OC(C)=O)c5ccoc5)CCC(O)(C42O)C13C. The van der Waals surface area contributed by atoms with Crippen LogP contribution in [0.15, 0.2) is 23.0 Å². The predicted octanol–water partition coefficient (Wildman–Crippen LogP) is 1.55. The Hall–Kier alpha value is -3.33. The number of ketones is 1. The molecule has 13 unspecified atom stereocenters. The van der Waals surface area contributed by atoms with E-state index >= 15 is 0 Å². The van der Waals surface area contributed by atoms with Gasteiger partial charge in [0.25, 0.3) is 0 Å². The monoisotopic (exact) mass is 690 g/mol. The van der Waals surface area contributed by atoms with Gasteiger partial charge in [-0.2, -0.15) is 0 Å². The standard InChI is InChI=1S/C35H46O14/c1-16(2)23(39)22-24-29(5,25(47-17(3)36)19-9-12-46-14-19)10-11-32(41)31(7)20(13-21(38)45-8)30(6)15-33(31,42)35(44,27(30)48-18(4)37)28(34(24,32)43)49-26(22)40/h9,12,14,16,20,22,24-25,27-28,41-44H,10-11,13,15H2,1-8H3. The summed E-state index contributed by atoms with van der Waals surface area (Å²) in [5.74, 6) is -9.33. The molecule has 13 atom stereocenters. The van der Waals surface area contributed by atoms with E-state index in [4.69, 9.17) is 23.4 Å². The lowest BCUT2D eigenvalue weighted by atomic mass is 9.32. The average Bonchev–Trinajstić information content (AvgIpc) is 3.65. The number of methoxy groups -OCH3 is 1. The Kier molecular flexibility index (Phi) is 7.67. The molecule has 4 saturated carbocycles. The number of fused-ring (bicyclic) bond motifs is 3. The van der Waals surface area contributed by atoms with Gasteiger partial charge in [0.1, 0.15) is 40.7 Å². The molecule has 0 amide bonds. The first kappa shape index (κ1) is 35.5. The van der Waals surface area contributed by atoms with E-state index in [0.717, 1.165) is 6.92 Å². The van der Waals surface area contributed by atoms with Gasteiger partial charge < -0.3 is 43.8 Å². The van der Waals surface area contributed by atoms with E-state index in [1.807, 2.05) is 0 Å². The van der Waals surface area contributed by atoms with E-state index in [-0.39, 0.29) is 19.3 Å². The first-order valence-electron chi connectivity index (χ1n) is 16.6. The van der Waals surface area contributed by atoms with Crippen LogP contribution in [0.5, 0.6) is 0 Å². The summed E-state index contributed by atoms with van der Waals surface area (Å²) in [4.78, 5) is 66.8. The number of furan rings is 1. The molecule has 14 heteroatoms. The van der Waals surface area contributed by atoms with Crippen molar-refractivity contribution in [2.75, 3.05) is 7.11 Å². The van der Waals surface area contributed by atoms with Crippen LogP contribution in [0.2, 0.25) is 0 Å². The Balaban J connectivity index is 1.71. The fourth-order valence-corrected chi connectivity index (χ4v) is 11.6. The zero-order chi connectivity index (χ0) is 36.5. The van der Waals surface area contributed by atoms with E-state index in [9.17, 15) is 44.4 Å². The number of rotatable bonds is 8. The highest BCUT2D eigenvalue weighted by atomic mass is 16.6. The summed E-state index contributed by atoms with van der Waals surface area (Å²) < 4.78 is 27.9. The third kappa shape index (κ3) is 3.89. The number of carbonyl (C=O) groups excluding carboxylic acids is 5. The quantitative estimate of drug-likeness (QED) is 0.173. The Bertz CT molecular complexity index is 1600. The Morgan fingerprint density at radius 1 is 0.980 bits per heavy atom. The van der Waals surface area contributed by atoms with Crippen molar-refractivity contribution in [1.82, 2.24) is 0 Å². The molecule has 4 N–H and O–H groups in total. The topological polar surface area (TPSA) is 216 Å². The lowest BCUT2D eigenvalue weighted by Gasteiger charge is -2.77. The summed E-state index contributed by atoms with van der Waals surface area (Å²) in [5.41, 5.74) is -15.0. The predicted molar refractivity (Wildman–Crippen MR) is 164 cm³/mol. The molecule has 0 spiro atoms. The van der Waals surface area contributed by atoms with Crippen molar-refractivity contribution < 1.29 is 67.8 Å². The first-order chi connectivity index (χ1) is 22.6. The molecule has 1 aromatic heterocycles. The second-order valence-corrected chi connectivity index (χ2v) is 16.0. The molecular weight excluding hydrogens is 644 g/mol. The summed E-state index contributed by atoms with van der Waals surface area (Å²) in [6, 6.07) is 1.54. The van der Waals surface area contributed by atoms with Gasteiger partial charge in [0.2, 0.25) is 0 Å². The van der Waals surface area contributed by atoms with Crippen LogP contribution in [-0.2, 0) is 42.9 Å². The van der Waals surface area contributed by atoms with Gasteiger partial charge in [-0.15, -0.1) is 0 Å². The molecule has 5 aliphatic rings. The second kappa shape index (κ2) is 10.6. The van der Waals surface area contributed by atoms with Gasteiger partial charge in [-0.25, -0.2) is 0 Å². The molecule has 4 aliphatic carbocycles. The van der Waals surface area contributed by atoms with Crippen molar-refractivity contribution >= 4 is 29.7 Å². The number of ether oxygens (including phenoxy) is 4. The van der Waals surface area contributed by atoms with Gasteiger partial charge in [0.05, 0.1) is 19.6 Å². The molecule has 2 bridgehead atoms. The summed E-state index contributed by atoms with van der Waals surface area (Å²) in [6.45, 7) is 10.1. The van der Waals surface area contributed by atoms with Crippen molar-refractivity contribution in [2.45, 2.75) is 115 Å². The summed E-state index contributed by atoms with van der Waals surface area (Å²) in [6.07, 6.45) is -3.55. The number of hydrogen-bond donors (Lipinski definition) is 4. The zero-order valence-corrected chi connectivity index (χ0v) is 29.0. The molecule has 5 fully saturated rings. The van der Waals surface area contributed by atoms with Crippen molar-refractivity contribution in [1.29, 1.82) is 0 Å². The van der Waals surface area contributed by atoms with Gasteiger partial charge >= 0.3 is 23.9 Å². The summed E-state index contributed by atoms with van der Waals surface area (Å²) in [7, 11) is 1.17. The molecule has 6 rings (SSSR count). The van der Waals surface area contributed by atoms with Gasteiger partial charge in [-0.05, 0) is 31.2 Å². The third-order valence-corrected chi connectivity index (χ3v) is 13.5. The molecule has 0 radical (unpaired) electrons. The minimum Gasteiger partial charge on any atom is -0.472 e. The number of carbonyl (C=O) groups is 5. The molecule has 0 aromatic carbocycles. The summed E-state index contributed by atoms with van der Waals surface area (Å²) >= 11 is 0. The molecule has 1 aromatic rings. The van der Waals surface area contributed by atoms with Gasteiger partial charge in [-0.1, -0.05) is 34.6 Å². The van der Waals surface area contributed by atoms with Crippen LogP contribution in [0.1, 0.15) is 85.8 Å². The normalized spacial score (nSPS) is 46.8. The fourth-order valence-electron chi connectivity index (χ4n) is 11.6. The minimum atomic E-state index is -2.78. The molecule has 49 heavy (non-hydrogen) atoms. The van der Waals surface area contributed by atoms with E-state index in [1.165, 1.54) is 39.5 Å². The maximum atomic E-state index is 14.3. The van der Waals surface area contributed by atoms with E-state index in [1.54, 1.807) is 27.7 Å². The molecular formula is C35H46O14. The fraction of sp³-hybridized carbons (Fsp3) is 0.743. The van der Waals surface area contributed by atoms with Crippen molar-refractivity contribution in [2.24, 2.45) is 39.9 Å². The van der Waals surface area contributed by atoms with Crippen LogP contribution in [0.3, 0.4) is 0 Å². The van der Waals surface area contributed by atoms with Crippen molar-refractivity contribution in [3.8, 4) is 0 Å². The van der Waals surface area contributed by atoms with Crippen molar-refractivity contribution in [3.05, 3.63) is 24.2 Å². The van der Waals surface area contributed by atoms with E-state index in [2.05, 4.69) is 0 Å². The average molecular weight is 691 g/mol. The molecule has 14 nitrogen and oxygen atoms in total. The van der Waals surface area contributed by atoms with Crippen molar-refractivity contribution in [3.63, 3.8) is 0 Å². The highest BCUT2D eigenvalue weighted by molar-refractivity contribution is 6.01. The largest absolute Gasteiger partial charge is 0.472 e. The van der Waals surface area contributed by atoms with Crippen LogP contribution in [0.4, 0.5) is 0 Å². The number of aliphatic hydroxyl groups is 4. The number of Topliss-reactive ketones (excluding diaryl/α,β-unsaturated/α-hetero) is 1. The Morgan fingerprint density at radius 2 is 1.63 bits per heavy atom. The van der Waals surface area contributed by atoms with Crippen LogP contribution in [-0.4, -0.2) is 91.8 Å². The van der Waals surface area contributed by atoms with E-state index < -0.39 is 117 Å². The molecule has 1 saturated heterocycles. The Morgan fingerprint density at radius 3 is 2.16 bits per heavy atom. The highest BCUT2D eigenvalue weighted by Gasteiger charge is 2.98. The van der Waals surface area contributed by atoms with Gasteiger partial charge in [-0.3, -0.25) is 24.0 Å². The third-order valence-electron chi connectivity index (χ3n) is 13.5. The molecule has 2 heterocycles. The van der Waals surface area contributed by atoms with Crippen LogP contribution in [0, 0.1) is 39.9 Å². The van der Waals surface area contributed by atoms with Gasteiger partial charge in [0, 0.05) is 53.9 Å². The zero-order valence-electron chi connectivity index (χ0n) is 29.0. The lowest BCUT2D eigenvalue weighted by Crippen LogP contribution is -2.95.